The molecule has 0 saturated carbocycles. The molecule has 3 aromatic rings. The van der Waals surface area contributed by atoms with Crippen molar-refractivity contribution in [1.29, 1.82) is 0 Å². The molecule has 2 aliphatic rings. The summed E-state index contributed by atoms with van der Waals surface area (Å²) in [6, 6.07) is 10.1. The molecule has 188 valence electrons. The maximum absolute atomic E-state index is 14.5. The number of carbonyl (C=O) groups is 1. The van der Waals surface area contributed by atoms with Gasteiger partial charge in [-0.3, -0.25) is 4.79 Å². The number of hydrogen-bond donors (Lipinski definition) is 0. The van der Waals surface area contributed by atoms with E-state index in [-0.39, 0.29) is 24.1 Å². The maximum atomic E-state index is 14.5. The Bertz CT molecular complexity index is 1260. The Morgan fingerprint density at radius 2 is 1.78 bits per heavy atom. The highest BCUT2D eigenvalue weighted by atomic mass is 19.1. The largest absolute Gasteiger partial charge is 0.497 e. The molecule has 0 atom stereocenters. The third kappa shape index (κ3) is 4.96. The highest BCUT2D eigenvalue weighted by Gasteiger charge is 2.29. The summed E-state index contributed by atoms with van der Waals surface area (Å²) < 4.78 is 39.0. The zero-order valence-electron chi connectivity index (χ0n) is 20.3. The smallest absolute Gasteiger partial charge is 0.254 e. The number of carbonyl (C=O) groups excluding carboxylic acids is 1. The molecule has 0 bridgehead atoms. The molecule has 1 saturated heterocycles. The molecule has 0 N–H and O–H groups in total. The summed E-state index contributed by atoms with van der Waals surface area (Å²) in [5.41, 5.74) is 1.93. The van der Waals surface area contributed by atoms with Gasteiger partial charge < -0.3 is 19.3 Å². The van der Waals surface area contributed by atoms with Crippen LogP contribution < -0.4 is 14.4 Å². The molecule has 0 radical (unpaired) electrons. The SMILES string of the molecule is COc1ccc(C(=O)N2CCc3nc(N4CCC(C)CC4)nc(Oc4ccc(F)cc4F)c3C2)cc1. The van der Waals surface area contributed by atoms with Gasteiger partial charge in [0.25, 0.3) is 5.91 Å². The predicted octanol–water partition coefficient (Wildman–Crippen LogP) is 4.99. The second-order valence-corrected chi connectivity index (χ2v) is 9.31. The predicted molar refractivity (Wildman–Crippen MR) is 131 cm³/mol. The van der Waals surface area contributed by atoms with Gasteiger partial charge in [-0.2, -0.15) is 4.98 Å². The number of amides is 1. The maximum Gasteiger partial charge on any atom is 0.254 e. The van der Waals surface area contributed by atoms with Gasteiger partial charge in [0.1, 0.15) is 11.6 Å². The minimum Gasteiger partial charge on any atom is -0.497 e. The van der Waals surface area contributed by atoms with Crippen LogP contribution in [0.3, 0.4) is 0 Å². The summed E-state index contributed by atoms with van der Waals surface area (Å²) in [4.78, 5) is 26.5. The van der Waals surface area contributed by atoms with Crippen molar-refractivity contribution in [2.75, 3.05) is 31.6 Å². The van der Waals surface area contributed by atoms with E-state index in [1.807, 2.05) is 0 Å². The molecular weight excluding hydrogens is 466 g/mol. The normalized spacial score (nSPS) is 16.0. The van der Waals surface area contributed by atoms with Gasteiger partial charge >= 0.3 is 0 Å². The van der Waals surface area contributed by atoms with Crippen molar-refractivity contribution in [2.24, 2.45) is 5.92 Å². The van der Waals surface area contributed by atoms with E-state index in [0.717, 1.165) is 43.8 Å². The van der Waals surface area contributed by atoms with E-state index in [1.54, 1.807) is 36.3 Å². The third-order valence-corrected chi connectivity index (χ3v) is 6.80. The lowest BCUT2D eigenvalue weighted by molar-refractivity contribution is 0.0732. The quantitative estimate of drug-likeness (QED) is 0.498. The number of hydrogen-bond acceptors (Lipinski definition) is 6. The molecule has 7 nitrogen and oxygen atoms in total. The first-order valence-corrected chi connectivity index (χ1v) is 12.1. The summed E-state index contributed by atoms with van der Waals surface area (Å²) >= 11 is 0. The fourth-order valence-corrected chi connectivity index (χ4v) is 4.56. The van der Waals surface area contributed by atoms with E-state index in [1.165, 1.54) is 6.07 Å². The van der Waals surface area contributed by atoms with Gasteiger partial charge in [0.05, 0.1) is 24.9 Å². The van der Waals surface area contributed by atoms with Crippen molar-refractivity contribution in [3.05, 3.63) is 70.9 Å². The summed E-state index contributed by atoms with van der Waals surface area (Å²) in [5, 5.41) is 0. The highest BCUT2D eigenvalue weighted by Crippen LogP contribution is 2.34. The van der Waals surface area contributed by atoms with Crippen molar-refractivity contribution in [3.63, 3.8) is 0 Å². The monoisotopic (exact) mass is 494 g/mol. The Balaban J connectivity index is 1.47. The van der Waals surface area contributed by atoms with Crippen LogP contribution in [0.1, 0.15) is 41.4 Å². The fraction of sp³-hybridized carbons (Fsp3) is 0.370. The number of methoxy groups -OCH3 is 1. The lowest BCUT2D eigenvalue weighted by Crippen LogP contribution is -2.38. The van der Waals surface area contributed by atoms with E-state index >= 15 is 0 Å². The van der Waals surface area contributed by atoms with Gasteiger partial charge in [-0.1, -0.05) is 6.92 Å². The van der Waals surface area contributed by atoms with Gasteiger partial charge in [0.15, 0.2) is 11.6 Å². The van der Waals surface area contributed by atoms with Crippen LogP contribution in [-0.4, -0.2) is 47.5 Å². The van der Waals surface area contributed by atoms with Gasteiger partial charge in [-0.25, -0.2) is 13.8 Å². The molecule has 0 aliphatic carbocycles. The first kappa shape index (κ1) is 24.0. The van der Waals surface area contributed by atoms with Crippen LogP contribution in [0.5, 0.6) is 17.4 Å². The van der Waals surface area contributed by atoms with Gasteiger partial charge in [0, 0.05) is 37.7 Å². The number of piperidine rings is 1. The number of aromatic nitrogens is 2. The zero-order chi connectivity index (χ0) is 25.2. The van der Waals surface area contributed by atoms with Crippen molar-refractivity contribution in [2.45, 2.75) is 32.7 Å². The fourth-order valence-electron chi connectivity index (χ4n) is 4.56. The van der Waals surface area contributed by atoms with Crippen LogP contribution in [0.15, 0.2) is 42.5 Å². The van der Waals surface area contributed by atoms with Crippen molar-refractivity contribution >= 4 is 11.9 Å². The molecule has 1 amide bonds. The summed E-state index contributed by atoms with van der Waals surface area (Å²) in [5.74, 6) is 0.243. The van der Waals surface area contributed by atoms with Crippen LogP contribution in [0.25, 0.3) is 0 Å². The highest BCUT2D eigenvalue weighted by molar-refractivity contribution is 5.94. The van der Waals surface area contributed by atoms with Gasteiger partial charge in [-0.05, 0) is 55.2 Å². The number of anilines is 1. The van der Waals surface area contributed by atoms with E-state index in [2.05, 4.69) is 16.8 Å². The number of fused-ring (bicyclic) bond motifs is 1. The summed E-state index contributed by atoms with van der Waals surface area (Å²) in [6.45, 7) is 4.58. The number of benzene rings is 2. The minimum atomic E-state index is -0.822. The molecule has 9 heteroatoms. The first-order valence-electron chi connectivity index (χ1n) is 12.1. The minimum absolute atomic E-state index is 0.130. The van der Waals surface area contributed by atoms with Crippen LogP contribution in [0.4, 0.5) is 14.7 Å². The second-order valence-electron chi connectivity index (χ2n) is 9.31. The van der Waals surface area contributed by atoms with Crippen molar-refractivity contribution in [1.82, 2.24) is 14.9 Å². The Morgan fingerprint density at radius 3 is 2.47 bits per heavy atom. The number of ether oxygens (including phenoxy) is 2. The first-order chi connectivity index (χ1) is 17.4. The van der Waals surface area contributed by atoms with Gasteiger partial charge in [0.2, 0.25) is 11.8 Å². The number of rotatable bonds is 5. The Morgan fingerprint density at radius 1 is 1.03 bits per heavy atom. The summed E-state index contributed by atoms with van der Waals surface area (Å²) in [6.07, 6.45) is 2.58. The molecule has 2 aromatic carbocycles. The molecule has 2 aliphatic heterocycles. The average molecular weight is 495 g/mol. The van der Waals surface area contributed by atoms with Crippen molar-refractivity contribution in [3.8, 4) is 17.4 Å². The van der Waals surface area contributed by atoms with Crippen molar-refractivity contribution < 1.29 is 23.0 Å². The van der Waals surface area contributed by atoms with Crippen LogP contribution >= 0.6 is 0 Å². The molecule has 5 rings (SSSR count). The van der Waals surface area contributed by atoms with Crippen LogP contribution in [0, 0.1) is 17.6 Å². The van der Waals surface area contributed by atoms with E-state index in [4.69, 9.17) is 14.5 Å². The molecule has 0 unspecified atom stereocenters. The van der Waals surface area contributed by atoms with Crippen LogP contribution in [0.2, 0.25) is 0 Å². The molecule has 3 heterocycles. The van der Waals surface area contributed by atoms with Gasteiger partial charge in [-0.15, -0.1) is 0 Å². The molecular formula is C27H28F2N4O3. The number of halogens is 2. The Hall–Kier alpha value is -3.75. The topological polar surface area (TPSA) is 67.8 Å². The lowest BCUT2D eigenvalue weighted by Gasteiger charge is -2.33. The number of nitrogens with zero attached hydrogens (tertiary/aromatic N) is 4. The summed E-state index contributed by atoms with van der Waals surface area (Å²) in [7, 11) is 1.57. The zero-order valence-corrected chi connectivity index (χ0v) is 20.3. The lowest BCUT2D eigenvalue weighted by atomic mass is 9.99. The third-order valence-electron chi connectivity index (χ3n) is 6.80. The molecule has 36 heavy (non-hydrogen) atoms. The molecule has 1 fully saturated rings. The average Bonchev–Trinajstić information content (AvgIpc) is 2.90. The Labute approximate surface area is 208 Å². The van der Waals surface area contributed by atoms with E-state index in [0.29, 0.717) is 41.7 Å². The molecule has 0 spiro atoms. The van der Waals surface area contributed by atoms with E-state index in [9.17, 15) is 13.6 Å². The standard InChI is InChI=1S/C27H28F2N4O3/c1-17-9-12-32(13-10-17)27-30-23-11-14-33(26(34)18-3-6-20(35-2)7-4-18)16-21(23)25(31-27)36-24-8-5-19(28)15-22(24)29/h3-8,15,17H,9-14,16H2,1-2H3. The van der Waals surface area contributed by atoms with Crippen LogP contribution in [-0.2, 0) is 13.0 Å². The second kappa shape index (κ2) is 10.1. The van der Waals surface area contributed by atoms with E-state index < -0.39 is 11.6 Å². The molecule has 1 aromatic heterocycles. The Kier molecular flexibility index (Phi) is 6.71.